The molecule has 0 aliphatic heterocycles. The predicted octanol–water partition coefficient (Wildman–Crippen LogP) is 2.92. The van der Waals surface area contributed by atoms with Crippen LogP contribution in [0.1, 0.15) is 48.1 Å². The highest BCUT2D eigenvalue weighted by Gasteiger charge is 2.12. The third kappa shape index (κ3) is 2.80. The van der Waals surface area contributed by atoms with Crippen LogP contribution in [0.4, 0.5) is 0 Å². The van der Waals surface area contributed by atoms with E-state index in [0.717, 1.165) is 12.8 Å². The molecule has 1 atom stereocenters. The number of rotatable bonds is 4. The van der Waals surface area contributed by atoms with Crippen molar-refractivity contribution in [1.82, 2.24) is 5.43 Å². The third-order valence-electron chi connectivity index (χ3n) is 3.04. The van der Waals surface area contributed by atoms with Gasteiger partial charge in [-0.2, -0.15) is 0 Å². The average Bonchev–Trinajstić information content (AvgIpc) is 2.20. The number of benzene rings is 1. The Balaban J connectivity index is 3.06. The van der Waals surface area contributed by atoms with E-state index in [4.69, 9.17) is 5.84 Å². The molecule has 0 saturated heterocycles. The zero-order chi connectivity index (χ0) is 11.4. The highest BCUT2D eigenvalue weighted by atomic mass is 15.2. The first-order valence-electron chi connectivity index (χ1n) is 5.64. The van der Waals surface area contributed by atoms with Crippen molar-refractivity contribution >= 4 is 0 Å². The van der Waals surface area contributed by atoms with Crippen LogP contribution in [-0.2, 0) is 0 Å². The van der Waals surface area contributed by atoms with Crippen LogP contribution >= 0.6 is 0 Å². The molecule has 0 amide bonds. The van der Waals surface area contributed by atoms with Crippen molar-refractivity contribution in [3.63, 3.8) is 0 Å². The molecule has 1 aromatic rings. The van der Waals surface area contributed by atoms with E-state index < -0.39 is 0 Å². The Kier molecular flexibility index (Phi) is 4.30. The van der Waals surface area contributed by atoms with Gasteiger partial charge in [-0.15, -0.1) is 0 Å². The molecule has 1 rings (SSSR count). The van der Waals surface area contributed by atoms with Crippen LogP contribution in [0, 0.1) is 20.8 Å². The van der Waals surface area contributed by atoms with Gasteiger partial charge in [0.15, 0.2) is 0 Å². The smallest absolute Gasteiger partial charge is 0.0462 e. The first-order valence-corrected chi connectivity index (χ1v) is 5.64. The minimum atomic E-state index is 0.286. The molecule has 0 bridgehead atoms. The van der Waals surface area contributed by atoms with E-state index in [1.54, 1.807) is 0 Å². The van der Waals surface area contributed by atoms with Crippen molar-refractivity contribution in [2.45, 2.75) is 46.6 Å². The molecule has 0 radical (unpaired) electrons. The van der Waals surface area contributed by atoms with Crippen molar-refractivity contribution < 1.29 is 0 Å². The SMILES string of the molecule is CCCC(NN)c1cc(C)c(C)cc1C. The minimum absolute atomic E-state index is 0.286. The molecule has 15 heavy (non-hydrogen) atoms. The largest absolute Gasteiger partial charge is 0.271 e. The van der Waals surface area contributed by atoms with Crippen molar-refractivity contribution in [3.8, 4) is 0 Å². The normalized spacial score (nSPS) is 12.9. The third-order valence-corrected chi connectivity index (χ3v) is 3.04. The molecule has 0 fully saturated rings. The molecule has 2 nitrogen and oxygen atoms in total. The van der Waals surface area contributed by atoms with Crippen LogP contribution in [0.2, 0.25) is 0 Å². The van der Waals surface area contributed by atoms with E-state index in [-0.39, 0.29) is 6.04 Å². The second-order valence-electron chi connectivity index (χ2n) is 4.30. The molecule has 0 spiro atoms. The van der Waals surface area contributed by atoms with E-state index in [1.165, 1.54) is 22.3 Å². The van der Waals surface area contributed by atoms with Crippen LogP contribution in [0.3, 0.4) is 0 Å². The fourth-order valence-electron chi connectivity index (χ4n) is 1.98. The molecule has 0 saturated carbocycles. The summed E-state index contributed by atoms with van der Waals surface area (Å²) in [6.07, 6.45) is 2.22. The van der Waals surface area contributed by atoms with Crippen molar-refractivity contribution in [1.29, 1.82) is 0 Å². The summed E-state index contributed by atoms with van der Waals surface area (Å²) in [6.45, 7) is 8.64. The lowest BCUT2D eigenvalue weighted by Crippen LogP contribution is -2.28. The maximum atomic E-state index is 5.60. The second-order valence-corrected chi connectivity index (χ2v) is 4.30. The Hall–Kier alpha value is -0.860. The molecular formula is C13H22N2. The Labute approximate surface area is 92.8 Å². The zero-order valence-electron chi connectivity index (χ0n) is 10.2. The van der Waals surface area contributed by atoms with Gasteiger partial charge in [0.1, 0.15) is 0 Å². The van der Waals surface area contributed by atoms with E-state index >= 15 is 0 Å². The van der Waals surface area contributed by atoms with Crippen LogP contribution in [0.15, 0.2) is 12.1 Å². The van der Waals surface area contributed by atoms with Crippen LogP contribution in [0.25, 0.3) is 0 Å². The lowest BCUT2D eigenvalue weighted by Gasteiger charge is -2.19. The molecule has 1 unspecified atom stereocenters. The highest BCUT2D eigenvalue weighted by molar-refractivity contribution is 5.38. The molecule has 0 aromatic heterocycles. The standard InChI is InChI=1S/C13H22N2/c1-5-6-13(15-14)12-8-10(3)9(2)7-11(12)4/h7-8,13,15H,5-6,14H2,1-4H3. The summed E-state index contributed by atoms with van der Waals surface area (Å²) in [5, 5.41) is 0. The van der Waals surface area contributed by atoms with Gasteiger partial charge in [-0.3, -0.25) is 11.3 Å². The number of hydrogen-bond donors (Lipinski definition) is 2. The van der Waals surface area contributed by atoms with E-state index in [9.17, 15) is 0 Å². The number of aryl methyl sites for hydroxylation is 3. The first-order chi connectivity index (χ1) is 7.10. The molecule has 0 aliphatic rings. The van der Waals surface area contributed by atoms with Crippen LogP contribution in [-0.4, -0.2) is 0 Å². The summed E-state index contributed by atoms with van der Waals surface area (Å²) in [5.41, 5.74) is 8.26. The van der Waals surface area contributed by atoms with E-state index in [0.29, 0.717) is 0 Å². The van der Waals surface area contributed by atoms with E-state index in [1.807, 2.05) is 0 Å². The topological polar surface area (TPSA) is 38.0 Å². The minimum Gasteiger partial charge on any atom is -0.271 e. The second kappa shape index (κ2) is 5.29. The highest BCUT2D eigenvalue weighted by Crippen LogP contribution is 2.24. The molecule has 84 valence electrons. The lowest BCUT2D eigenvalue weighted by atomic mass is 9.94. The Bertz CT molecular complexity index is 332. The van der Waals surface area contributed by atoms with Crippen LogP contribution in [0.5, 0.6) is 0 Å². The molecule has 1 aromatic carbocycles. The maximum Gasteiger partial charge on any atom is 0.0462 e. The van der Waals surface area contributed by atoms with Gasteiger partial charge >= 0.3 is 0 Å². The number of nitrogens with one attached hydrogen (secondary N) is 1. The van der Waals surface area contributed by atoms with Crippen molar-refractivity contribution in [3.05, 3.63) is 34.4 Å². The Morgan fingerprint density at radius 1 is 1.13 bits per heavy atom. The maximum absolute atomic E-state index is 5.60. The monoisotopic (exact) mass is 206 g/mol. The number of nitrogens with two attached hydrogens (primary N) is 1. The predicted molar refractivity (Wildman–Crippen MR) is 65.6 cm³/mol. The summed E-state index contributed by atoms with van der Waals surface area (Å²) in [5.74, 6) is 5.60. The van der Waals surface area contributed by atoms with Gasteiger partial charge in [0.05, 0.1) is 0 Å². The van der Waals surface area contributed by atoms with Gasteiger partial charge in [-0.1, -0.05) is 25.5 Å². The number of hydrazine groups is 1. The number of hydrogen-bond acceptors (Lipinski definition) is 2. The quantitative estimate of drug-likeness (QED) is 0.587. The Morgan fingerprint density at radius 3 is 2.27 bits per heavy atom. The van der Waals surface area contributed by atoms with Gasteiger partial charge in [0, 0.05) is 6.04 Å². The lowest BCUT2D eigenvalue weighted by molar-refractivity contribution is 0.507. The molecule has 0 heterocycles. The average molecular weight is 206 g/mol. The molecule has 3 N–H and O–H groups in total. The summed E-state index contributed by atoms with van der Waals surface area (Å²) in [4.78, 5) is 0. The fourth-order valence-corrected chi connectivity index (χ4v) is 1.98. The van der Waals surface area contributed by atoms with Gasteiger partial charge in [0.2, 0.25) is 0 Å². The fraction of sp³-hybridized carbons (Fsp3) is 0.538. The Morgan fingerprint density at radius 2 is 1.73 bits per heavy atom. The van der Waals surface area contributed by atoms with Gasteiger partial charge < -0.3 is 0 Å². The molecular weight excluding hydrogens is 184 g/mol. The molecule has 0 aliphatic carbocycles. The van der Waals surface area contributed by atoms with Crippen molar-refractivity contribution in [2.75, 3.05) is 0 Å². The summed E-state index contributed by atoms with van der Waals surface area (Å²) >= 11 is 0. The van der Waals surface area contributed by atoms with E-state index in [2.05, 4.69) is 45.3 Å². The first kappa shape index (κ1) is 12.2. The summed E-state index contributed by atoms with van der Waals surface area (Å²) in [6, 6.07) is 4.78. The molecule has 2 heteroatoms. The van der Waals surface area contributed by atoms with Crippen LogP contribution < -0.4 is 11.3 Å². The zero-order valence-corrected chi connectivity index (χ0v) is 10.2. The summed E-state index contributed by atoms with van der Waals surface area (Å²) in [7, 11) is 0. The van der Waals surface area contributed by atoms with Gasteiger partial charge in [0.25, 0.3) is 0 Å². The van der Waals surface area contributed by atoms with Gasteiger partial charge in [-0.25, -0.2) is 0 Å². The van der Waals surface area contributed by atoms with Gasteiger partial charge in [-0.05, 0) is 49.4 Å². The van der Waals surface area contributed by atoms with Crippen molar-refractivity contribution in [2.24, 2.45) is 5.84 Å². The summed E-state index contributed by atoms with van der Waals surface area (Å²) < 4.78 is 0.